The highest BCUT2D eigenvalue weighted by Crippen LogP contribution is 2.49. The number of hydrogen-bond acceptors (Lipinski definition) is 2. The summed E-state index contributed by atoms with van der Waals surface area (Å²) in [7, 11) is 1.32. The van der Waals surface area contributed by atoms with Crippen LogP contribution in [0.1, 0.15) is 24.5 Å². The molecule has 2 aromatic carbocycles. The molecule has 0 heterocycles. The molecule has 29 heavy (non-hydrogen) atoms. The fourth-order valence-electron chi connectivity index (χ4n) is 3.60. The molecule has 0 spiro atoms. The molecule has 9 heteroatoms. The van der Waals surface area contributed by atoms with Gasteiger partial charge in [0, 0.05) is 16.0 Å². The normalized spacial score (nSPS) is 15.1. The van der Waals surface area contributed by atoms with Crippen molar-refractivity contribution in [1.82, 2.24) is 0 Å². The van der Waals surface area contributed by atoms with E-state index >= 15 is 0 Å². The van der Waals surface area contributed by atoms with E-state index in [1.165, 1.54) is 32.2 Å². The third-order valence-electron chi connectivity index (χ3n) is 5.10. The van der Waals surface area contributed by atoms with Crippen molar-refractivity contribution >= 4 is 34.8 Å². The molecule has 2 unspecified atom stereocenters. The van der Waals surface area contributed by atoms with Gasteiger partial charge in [-0.25, -0.2) is 4.39 Å². The third kappa shape index (κ3) is 5.29. The van der Waals surface area contributed by atoms with Gasteiger partial charge in [0.1, 0.15) is 11.6 Å². The highest BCUT2D eigenvalue weighted by molar-refractivity contribution is 6.43. The van der Waals surface area contributed by atoms with Crippen LogP contribution in [0.2, 0.25) is 15.1 Å². The maximum atomic E-state index is 14.3. The van der Waals surface area contributed by atoms with Crippen LogP contribution in [0.3, 0.4) is 0 Å². The summed E-state index contributed by atoms with van der Waals surface area (Å²) in [5, 5.41) is 0.213. The Morgan fingerprint density at radius 1 is 1.10 bits per heavy atom. The molecule has 0 saturated carbocycles. The standard InChI is InChI=1S/C20H20Cl3F4NO/c1-19(5-6-28,14-10-13(24)3-4-16(14)29-2)17(20(25,26)27)8-11-7-12(21)9-15(22)18(11)23/h3-4,7,9-10,17H,5-6,8,28H2,1-2H3. The van der Waals surface area contributed by atoms with Gasteiger partial charge in [0.25, 0.3) is 0 Å². The third-order valence-corrected chi connectivity index (χ3v) is 6.16. The minimum Gasteiger partial charge on any atom is -0.496 e. The number of hydrogen-bond donors (Lipinski definition) is 1. The molecule has 0 bridgehead atoms. The van der Waals surface area contributed by atoms with Crippen LogP contribution < -0.4 is 10.5 Å². The summed E-state index contributed by atoms with van der Waals surface area (Å²) in [6, 6.07) is 6.18. The van der Waals surface area contributed by atoms with Gasteiger partial charge in [0.15, 0.2) is 0 Å². The first-order valence-corrected chi connectivity index (χ1v) is 9.81. The van der Waals surface area contributed by atoms with Gasteiger partial charge in [-0.05, 0) is 55.3 Å². The molecule has 0 fully saturated rings. The quantitative estimate of drug-likeness (QED) is 0.354. The first-order valence-electron chi connectivity index (χ1n) is 8.68. The molecule has 0 radical (unpaired) electrons. The van der Waals surface area contributed by atoms with E-state index in [1.807, 2.05) is 0 Å². The number of benzene rings is 2. The second-order valence-corrected chi connectivity index (χ2v) is 8.18. The number of rotatable bonds is 7. The second-order valence-electron chi connectivity index (χ2n) is 6.96. The molecule has 2 nitrogen and oxygen atoms in total. The summed E-state index contributed by atoms with van der Waals surface area (Å²) in [5.74, 6) is -2.48. The van der Waals surface area contributed by atoms with Gasteiger partial charge >= 0.3 is 6.18 Å². The molecular formula is C20H20Cl3F4NO. The molecule has 0 aliphatic carbocycles. The molecule has 0 saturated heterocycles. The Bertz CT molecular complexity index is 876. The van der Waals surface area contributed by atoms with Gasteiger partial charge in [-0.3, -0.25) is 0 Å². The Balaban J connectivity index is 2.69. The van der Waals surface area contributed by atoms with Crippen LogP contribution in [-0.2, 0) is 11.8 Å². The van der Waals surface area contributed by atoms with Crippen molar-refractivity contribution in [2.45, 2.75) is 31.4 Å². The molecule has 2 rings (SSSR count). The van der Waals surface area contributed by atoms with Crippen molar-refractivity contribution in [3.63, 3.8) is 0 Å². The van der Waals surface area contributed by atoms with Crippen molar-refractivity contribution < 1.29 is 22.3 Å². The lowest BCUT2D eigenvalue weighted by molar-refractivity contribution is -0.193. The van der Waals surface area contributed by atoms with Crippen LogP contribution in [0.25, 0.3) is 0 Å². The van der Waals surface area contributed by atoms with Crippen LogP contribution in [0.15, 0.2) is 30.3 Å². The lowest BCUT2D eigenvalue weighted by Gasteiger charge is -2.40. The lowest BCUT2D eigenvalue weighted by Crippen LogP contribution is -2.44. The molecule has 0 aliphatic heterocycles. The maximum Gasteiger partial charge on any atom is 0.392 e. The first-order chi connectivity index (χ1) is 13.4. The number of ether oxygens (including phenoxy) is 1. The van der Waals surface area contributed by atoms with Crippen molar-refractivity contribution in [2.24, 2.45) is 11.7 Å². The largest absolute Gasteiger partial charge is 0.496 e. The Labute approximate surface area is 181 Å². The molecule has 160 valence electrons. The average molecular weight is 473 g/mol. The molecule has 2 N–H and O–H groups in total. The van der Waals surface area contributed by atoms with Crippen molar-refractivity contribution in [1.29, 1.82) is 0 Å². The van der Waals surface area contributed by atoms with E-state index < -0.39 is 29.7 Å². The van der Waals surface area contributed by atoms with E-state index in [0.717, 1.165) is 12.1 Å². The number of halogens is 7. The fourth-order valence-corrected chi connectivity index (χ4v) is 4.32. The van der Waals surface area contributed by atoms with E-state index in [-0.39, 0.29) is 44.9 Å². The highest BCUT2D eigenvalue weighted by atomic mass is 35.5. The van der Waals surface area contributed by atoms with Gasteiger partial charge in [-0.15, -0.1) is 0 Å². The van der Waals surface area contributed by atoms with Crippen LogP contribution in [-0.4, -0.2) is 19.8 Å². The first kappa shape index (κ1) is 24.1. The predicted molar refractivity (Wildman–Crippen MR) is 109 cm³/mol. The van der Waals surface area contributed by atoms with Gasteiger partial charge in [0.05, 0.1) is 23.1 Å². The van der Waals surface area contributed by atoms with E-state index in [2.05, 4.69) is 0 Å². The zero-order chi connectivity index (χ0) is 22.0. The van der Waals surface area contributed by atoms with Crippen molar-refractivity contribution in [3.8, 4) is 5.75 Å². The van der Waals surface area contributed by atoms with Crippen LogP contribution >= 0.6 is 34.8 Å². The molecule has 0 aromatic heterocycles. The van der Waals surface area contributed by atoms with Crippen molar-refractivity contribution in [2.75, 3.05) is 13.7 Å². The van der Waals surface area contributed by atoms with E-state index in [0.29, 0.717) is 0 Å². The summed E-state index contributed by atoms with van der Waals surface area (Å²) in [6.07, 6.45) is -5.24. The van der Waals surface area contributed by atoms with Crippen LogP contribution in [0.4, 0.5) is 17.6 Å². The zero-order valence-electron chi connectivity index (χ0n) is 15.7. The highest BCUT2D eigenvalue weighted by Gasteiger charge is 2.52. The van der Waals surface area contributed by atoms with Gasteiger partial charge in [0.2, 0.25) is 0 Å². The second kappa shape index (κ2) is 9.29. The van der Waals surface area contributed by atoms with Gasteiger partial charge in [-0.1, -0.05) is 41.7 Å². The molecule has 2 atom stereocenters. The van der Waals surface area contributed by atoms with Crippen LogP contribution in [0.5, 0.6) is 5.75 Å². The number of nitrogens with two attached hydrogens (primary N) is 1. The zero-order valence-corrected chi connectivity index (χ0v) is 18.0. The summed E-state index contributed by atoms with van der Waals surface area (Å²) in [5.41, 5.74) is 4.29. The van der Waals surface area contributed by atoms with Gasteiger partial charge < -0.3 is 10.5 Å². The molecule has 0 amide bonds. The van der Waals surface area contributed by atoms with E-state index in [9.17, 15) is 17.6 Å². The number of alkyl halides is 3. The summed E-state index contributed by atoms with van der Waals surface area (Å²) < 4.78 is 62.1. The summed E-state index contributed by atoms with van der Waals surface area (Å²) in [6.45, 7) is 1.35. The number of methoxy groups -OCH3 is 1. The molecule has 0 aliphatic rings. The average Bonchev–Trinajstić information content (AvgIpc) is 2.62. The maximum absolute atomic E-state index is 14.3. The summed E-state index contributed by atoms with van der Waals surface area (Å²) >= 11 is 18.1. The van der Waals surface area contributed by atoms with Gasteiger partial charge in [-0.2, -0.15) is 13.2 Å². The van der Waals surface area contributed by atoms with Crippen molar-refractivity contribution in [3.05, 3.63) is 62.3 Å². The monoisotopic (exact) mass is 471 g/mol. The lowest BCUT2D eigenvalue weighted by atomic mass is 9.66. The van der Waals surface area contributed by atoms with E-state index in [1.54, 1.807) is 0 Å². The smallest absolute Gasteiger partial charge is 0.392 e. The minimum absolute atomic E-state index is 0.00776. The predicted octanol–water partition coefficient (Wildman–Crippen LogP) is 6.82. The van der Waals surface area contributed by atoms with Crippen LogP contribution in [0, 0.1) is 11.7 Å². The molecule has 2 aromatic rings. The topological polar surface area (TPSA) is 35.2 Å². The Hall–Kier alpha value is -1.21. The fraction of sp³-hybridized carbons (Fsp3) is 0.400. The Kier molecular flexibility index (Phi) is 7.71. The molecular weight excluding hydrogens is 453 g/mol. The Morgan fingerprint density at radius 3 is 2.31 bits per heavy atom. The summed E-state index contributed by atoms with van der Waals surface area (Å²) in [4.78, 5) is 0. The minimum atomic E-state index is -4.65. The Morgan fingerprint density at radius 2 is 1.76 bits per heavy atom. The SMILES string of the molecule is COc1ccc(F)cc1C(C)(CCN)C(Cc1cc(Cl)cc(Cl)c1Cl)C(F)(F)F. The van der Waals surface area contributed by atoms with E-state index in [4.69, 9.17) is 45.3 Å².